The third-order valence-corrected chi connectivity index (χ3v) is 2.73. The van der Waals surface area contributed by atoms with Crippen molar-refractivity contribution in [2.24, 2.45) is 5.73 Å². The first-order chi connectivity index (χ1) is 6.74. The number of rotatable bonds is 3. The highest BCUT2D eigenvalue weighted by atomic mass is 16.3. The molecule has 0 heterocycles. The predicted molar refractivity (Wildman–Crippen MR) is 54.7 cm³/mol. The van der Waals surface area contributed by atoms with Gasteiger partial charge in [-0.15, -0.1) is 0 Å². The normalized spacial score (nSPS) is 21.3. The van der Waals surface area contributed by atoms with E-state index in [4.69, 9.17) is 5.73 Å². The lowest BCUT2D eigenvalue weighted by Gasteiger charge is -2.17. The summed E-state index contributed by atoms with van der Waals surface area (Å²) in [6, 6.07) is 0.242. The van der Waals surface area contributed by atoms with E-state index in [1.54, 1.807) is 0 Å². The largest absolute Gasteiger partial charge is 0.382 e. The first-order valence-corrected chi connectivity index (χ1v) is 5.42. The molecule has 1 fully saturated rings. The van der Waals surface area contributed by atoms with E-state index in [1.807, 2.05) is 0 Å². The Morgan fingerprint density at radius 3 is 2.43 bits per heavy atom. The Balaban J connectivity index is 2.30. The van der Waals surface area contributed by atoms with Crippen LogP contribution < -0.4 is 11.1 Å². The van der Waals surface area contributed by atoms with Crippen molar-refractivity contribution in [3.05, 3.63) is 0 Å². The Labute approximate surface area is 84.9 Å². The molecule has 4 nitrogen and oxygen atoms in total. The predicted octanol–water partition coefficient (Wildman–Crippen LogP) is 0.145. The van der Waals surface area contributed by atoms with E-state index in [0.29, 0.717) is 0 Å². The smallest absolute Gasteiger partial charge is 0.250 e. The SMILES string of the molecule is NCC(O)C(=O)NC1CCCCCC1. The maximum absolute atomic E-state index is 11.3. The molecule has 82 valence electrons. The van der Waals surface area contributed by atoms with Gasteiger partial charge in [0.25, 0.3) is 0 Å². The van der Waals surface area contributed by atoms with Gasteiger partial charge in [0.05, 0.1) is 0 Å². The summed E-state index contributed by atoms with van der Waals surface area (Å²) in [5.74, 6) is -0.320. The van der Waals surface area contributed by atoms with Crippen molar-refractivity contribution in [2.75, 3.05) is 6.54 Å². The Morgan fingerprint density at radius 1 is 1.36 bits per heavy atom. The van der Waals surface area contributed by atoms with E-state index in [9.17, 15) is 9.90 Å². The van der Waals surface area contributed by atoms with Crippen molar-refractivity contribution >= 4 is 5.91 Å². The minimum Gasteiger partial charge on any atom is -0.382 e. The van der Waals surface area contributed by atoms with Gasteiger partial charge in [0.2, 0.25) is 5.91 Å². The maximum Gasteiger partial charge on any atom is 0.250 e. The van der Waals surface area contributed by atoms with Crippen molar-refractivity contribution in [1.29, 1.82) is 0 Å². The van der Waals surface area contributed by atoms with Gasteiger partial charge in [-0.2, -0.15) is 0 Å². The van der Waals surface area contributed by atoms with Crippen molar-refractivity contribution in [3.8, 4) is 0 Å². The third-order valence-electron chi connectivity index (χ3n) is 2.73. The summed E-state index contributed by atoms with van der Waals surface area (Å²) in [5, 5.41) is 12.0. The summed E-state index contributed by atoms with van der Waals surface area (Å²) in [5.41, 5.74) is 5.20. The molecule has 1 amide bonds. The lowest BCUT2D eigenvalue weighted by Crippen LogP contribution is -2.44. The van der Waals surface area contributed by atoms with Crippen LogP contribution in [0.15, 0.2) is 0 Å². The number of carbonyl (C=O) groups excluding carboxylic acids is 1. The Hall–Kier alpha value is -0.610. The van der Waals surface area contributed by atoms with Crippen LogP contribution in [-0.4, -0.2) is 29.7 Å². The second-order valence-electron chi connectivity index (χ2n) is 3.95. The van der Waals surface area contributed by atoms with Crippen LogP contribution in [0, 0.1) is 0 Å². The van der Waals surface area contributed by atoms with E-state index in [0.717, 1.165) is 12.8 Å². The molecule has 14 heavy (non-hydrogen) atoms. The zero-order valence-corrected chi connectivity index (χ0v) is 8.54. The van der Waals surface area contributed by atoms with Crippen LogP contribution in [0.2, 0.25) is 0 Å². The molecule has 0 aliphatic heterocycles. The minimum atomic E-state index is -1.04. The molecule has 0 aromatic heterocycles. The van der Waals surface area contributed by atoms with Gasteiger partial charge in [-0.25, -0.2) is 0 Å². The van der Waals surface area contributed by atoms with Crippen molar-refractivity contribution < 1.29 is 9.90 Å². The summed E-state index contributed by atoms with van der Waals surface area (Å²) < 4.78 is 0. The molecule has 0 aromatic carbocycles. The number of hydrogen-bond acceptors (Lipinski definition) is 3. The minimum absolute atomic E-state index is 0.00144. The van der Waals surface area contributed by atoms with Gasteiger partial charge in [-0.3, -0.25) is 4.79 Å². The first kappa shape index (κ1) is 11.5. The zero-order chi connectivity index (χ0) is 10.4. The van der Waals surface area contributed by atoms with Gasteiger partial charge >= 0.3 is 0 Å². The quantitative estimate of drug-likeness (QED) is 0.567. The fourth-order valence-electron chi connectivity index (χ4n) is 1.83. The highest BCUT2D eigenvalue weighted by Gasteiger charge is 2.18. The van der Waals surface area contributed by atoms with Crippen molar-refractivity contribution in [2.45, 2.75) is 50.7 Å². The van der Waals surface area contributed by atoms with E-state index >= 15 is 0 Å². The highest BCUT2D eigenvalue weighted by molar-refractivity contribution is 5.80. The van der Waals surface area contributed by atoms with Gasteiger partial charge in [0.1, 0.15) is 6.10 Å². The molecule has 1 atom stereocenters. The molecule has 0 spiro atoms. The van der Waals surface area contributed by atoms with Crippen LogP contribution in [-0.2, 0) is 4.79 Å². The number of aliphatic hydroxyl groups excluding tert-OH is 1. The molecule has 0 aromatic rings. The lowest BCUT2D eigenvalue weighted by atomic mass is 10.1. The Morgan fingerprint density at radius 2 is 1.93 bits per heavy atom. The fraction of sp³-hybridized carbons (Fsp3) is 0.900. The van der Waals surface area contributed by atoms with Crippen molar-refractivity contribution in [3.63, 3.8) is 0 Å². The molecule has 0 saturated heterocycles. The van der Waals surface area contributed by atoms with Gasteiger partial charge in [-0.05, 0) is 12.8 Å². The molecule has 1 aliphatic rings. The van der Waals surface area contributed by atoms with Gasteiger partial charge in [0, 0.05) is 12.6 Å². The molecule has 1 aliphatic carbocycles. The van der Waals surface area contributed by atoms with Gasteiger partial charge in [0.15, 0.2) is 0 Å². The summed E-state index contributed by atoms with van der Waals surface area (Å²) >= 11 is 0. The summed E-state index contributed by atoms with van der Waals surface area (Å²) in [7, 11) is 0. The molecular formula is C10H20N2O2. The topological polar surface area (TPSA) is 75.3 Å². The van der Waals surface area contributed by atoms with Crippen LogP contribution in [0.5, 0.6) is 0 Å². The van der Waals surface area contributed by atoms with Gasteiger partial charge < -0.3 is 16.2 Å². The van der Waals surface area contributed by atoms with Crippen LogP contribution >= 0.6 is 0 Å². The third kappa shape index (κ3) is 3.64. The molecule has 1 unspecified atom stereocenters. The van der Waals surface area contributed by atoms with E-state index in [1.165, 1.54) is 25.7 Å². The second kappa shape index (κ2) is 5.98. The van der Waals surface area contributed by atoms with E-state index in [-0.39, 0.29) is 18.5 Å². The Kier molecular flexibility index (Phi) is 4.90. The number of hydrogen-bond donors (Lipinski definition) is 3. The highest BCUT2D eigenvalue weighted by Crippen LogP contribution is 2.17. The average molecular weight is 200 g/mol. The molecule has 1 rings (SSSR count). The van der Waals surface area contributed by atoms with Crippen LogP contribution in [0.3, 0.4) is 0 Å². The van der Waals surface area contributed by atoms with Gasteiger partial charge in [-0.1, -0.05) is 25.7 Å². The summed E-state index contributed by atoms with van der Waals surface area (Å²) in [6.45, 7) is -0.00144. The Bertz CT molecular complexity index is 177. The standard InChI is InChI=1S/C10H20N2O2/c11-7-9(13)10(14)12-8-5-3-1-2-4-6-8/h8-9,13H,1-7,11H2,(H,12,14). The van der Waals surface area contributed by atoms with E-state index < -0.39 is 6.10 Å². The zero-order valence-electron chi connectivity index (χ0n) is 8.54. The van der Waals surface area contributed by atoms with E-state index in [2.05, 4.69) is 5.32 Å². The number of carbonyl (C=O) groups is 1. The monoisotopic (exact) mass is 200 g/mol. The molecule has 0 radical (unpaired) electrons. The molecule has 0 bridgehead atoms. The van der Waals surface area contributed by atoms with Crippen LogP contribution in [0.25, 0.3) is 0 Å². The maximum atomic E-state index is 11.3. The number of nitrogens with one attached hydrogen (secondary N) is 1. The average Bonchev–Trinajstić information content (AvgIpc) is 2.45. The summed E-state index contributed by atoms with van der Waals surface area (Å²) in [6.07, 6.45) is 5.87. The molecule has 4 N–H and O–H groups in total. The number of nitrogens with two attached hydrogens (primary N) is 1. The lowest BCUT2D eigenvalue weighted by molar-refractivity contribution is -0.129. The van der Waals surface area contributed by atoms with Crippen molar-refractivity contribution in [1.82, 2.24) is 5.32 Å². The molecule has 1 saturated carbocycles. The fourth-order valence-corrected chi connectivity index (χ4v) is 1.83. The number of aliphatic hydroxyl groups is 1. The van der Waals surface area contributed by atoms with Crippen LogP contribution in [0.4, 0.5) is 0 Å². The molecular weight excluding hydrogens is 180 g/mol. The molecule has 4 heteroatoms. The van der Waals surface area contributed by atoms with Crippen LogP contribution in [0.1, 0.15) is 38.5 Å². The number of amides is 1. The second-order valence-corrected chi connectivity index (χ2v) is 3.95. The summed E-state index contributed by atoms with van der Waals surface area (Å²) in [4.78, 5) is 11.3. The first-order valence-electron chi connectivity index (χ1n) is 5.42.